The molecule has 1 aliphatic heterocycles. The average molecular weight is 286 g/mol. The van der Waals surface area contributed by atoms with Gasteiger partial charge >= 0.3 is 0 Å². The molecule has 21 heavy (non-hydrogen) atoms. The van der Waals surface area contributed by atoms with Crippen LogP contribution in [0.2, 0.25) is 0 Å². The Kier molecular flexibility index (Phi) is 4.36. The van der Waals surface area contributed by atoms with E-state index >= 15 is 0 Å². The summed E-state index contributed by atoms with van der Waals surface area (Å²) in [4.78, 5) is 6.55. The molecule has 1 aliphatic rings. The molecule has 4 nitrogen and oxygen atoms in total. The molecule has 4 heteroatoms. The Bertz CT molecular complexity index is 602. The Morgan fingerprint density at radius 2 is 2.24 bits per heavy atom. The molecule has 1 fully saturated rings. The second kappa shape index (κ2) is 6.41. The lowest BCUT2D eigenvalue weighted by Crippen LogP contribution is -2.17. The topological polar surface area (TPSA) is 34.6 Å². The van der Waals surface area contributed by atoms with Gasteiger partial charge in [-0.1, -0.05) is 12.1 Å². The molecule has 0 saturated carbocycles. The van der Waals surface area contributed by atoms with Crippen LogP contribution in [0.4, 0.5) is 0 Å². The van der Waals surface area contributed by atoms with Gasteiger partial charge in [0, 0.05) is 36.1 Å². The number of aromatic nitrogens is 1. The summed E-state index contributed by atoms with van der Waals surface area (Å²) in [6.07, 6.45) is 5.98. The predicted octanol–water partition coefficient (Wildman–Crippen LogP) is 2.51. The first kappa shape index (κ1) is 14.3. The normalized spacial score (nSPS) is 18.5. The zero-order valence-electron chi connectivity index (χ0n) is 12.7. The van der Waals surface area contributed by atoms with Crippen molar-refractivity contribution < 1.29 is 9.47 Å². The average Bonchev–Trinajstić information content (AvgIpc) is 2.98. The van der Waals surface area contributed by atoms with Gasteiger partial charge in [0.2, 0.25) is 0 Å². The van der Waals surface area contributed by atoms with Crippen LogP contribution < -0.4 is 4.74 Å². The summed E-state index contributed by atoms with van der Waals surface area (Å²) in [7, 11) is 4.18. The van der Waals surface area contributed by atoms with Gasteiger partial charge in [0.15, 0.2) is 0 Å². The number of benzene rings is 1. The highest BCUT2D eigenvalue weighted by molar-refractivity contribution is 5.90. The fourth-order valence-electron chi connectivity index (χ4n) is 2.69. The van der Waals surface area contributed by atoms with Crippen LogP contribution in [0.15, 0.2) is 30.6 Å². The van der Waals surface area contributed by atoms with Crippen LogP contribution in [0.3, 0.4) is 0 Å². The Balaban J connectivity index is 1.94. The quantitative estimate of drug-likeness (QED) is 0.846. The van der Waals surface area contributed by atoms with E-state index in [0.717, 1.165) is 37.1 Å². The molecule has 112 valence electrons. The van der Waals surface area contributed by atoms with E-state index in [1.165, 1.54) is 10.9 Å². The van der Waals surface area contributed by atoms with Gasteiger partial charge in [-0.15, -0.1) is 0 Å². The third-order valence-electron chi connectivity index (χ3n) is 3.83. The number of nitrogens with zero attached hydrogens (tertiary/aromatic N) is 2. The zero-order valence-corrected chi connectivity index (χ0v) is 12.7. The SMILES string of the molecule is CN(C)CCc1cncc2cccc(O[C@@H]3CCOC3)c12. The van der Waals surface area contributed by atoms with Gasteiger partial charge in [-0.05, 0) is 32.1 Å². The molecule has 2 heterocycles. The van der Waals surface area contributed by atoms with Crippen LogP contribution in [0, 0.1) is 0 Å². The Morgan fingerprint density at radius 3 is 3.00 bits per heavy atom. The molecule has 0 unspecified atom stereocenters. The van der Waals surface area contributed by atoms with E-state index in [0.29, 0.717) is 6.61 Å². The zero-order chi connectivity index (χ0) is 14.7. The molecule has 0 bridgehead atoms. The van der Waals surface area contributed by atoms with Crippen LogP contribution in [-0.4, -0.2) is 49.8 Å². The first-order valence-electron chi connectivity index (χ1n) is 7.49. The molecule has 1 aromatic heterocycles. The van der Waals surface area contributed by atoms with Crippen molar-refractivity contribution in [3.63, 3.8) is 0 Å². The lowest BCUT2D eigenvalue weighted by Gasteiger charge is -2.17. The van der Waals surface area contributed by atoms with Crippen LogP contribution in [-0.2, 0) is 11.2 Å². The van der Waals surface area contributed by atoms with E-state index in [1.807, 2.05) is 18.5 Å². The summed E-state index contributed by atoms with van der Waals surface area (Å²) >= 11 is 0. The lowest BCUT2D eigenvalue weighted by atomic mass is 10.0. The molecule has 0 amide bonds. The van der Waals surface area contributed by atoms with Gasteiger partial charge in [0.1, 0.15) is 11.9 Å². The fraction of sp³-hybridized carbons (Fsp3) is 0.471. The summed E-state index contributed by atoms with van der Waals surface area (Å²) in [6, 6.07) is 6.18. The maximum Gasteiger partial charge on any atom is 0.128 e. The molecule has 1 saturated heterocycles. The minimum atomic E-state index is 0.172. The maximum absolute atomic E-state index is 6.17. The third kappa shape index (κ3) is 3.34. The van der Waals surface area contributed by atoms with Crippen molar-refractivity contribution in [3.8, 4) is 5.75 Å². The van der Waals surface area contributed by atoms with Gasteiger partial charge in [-0.3, -0.25) is 4.98 Å². The number of likely N-dealkylation sites (N-methyl/N-ethyl adjacent to an activating group) is 1. The molecule has 0 radical (unpaired) electrons. The highest BCUT2D eigenvalue weighted by Crippen LogP contribution is 2.30. The Labute approximate surface area is 125 Å². The number of pyridine rings is 1. The van der Waals surface area contributed by atoms with Crippen molar-refractivity contribution in [1.29, 1.82) is 0 Å². The Morgan fingerprint density at radius 1 is 1.33 bits per heavy atom. The van der Waals surface area contributed by atoms with Gasteiger partial charge < -0.3 is 14.4 Å². The molecule has 3 rings (SSSR count). The standard InChI is InChI=1S/C17H22N2O2/c1-19(2)8-6-14-11-18-10-13-4-3-5-16(17(13)14)21-15-7-9-20-12-15/h3-5,10-11,15H,6-9,12H2,1-2H3/t15-/m1/s1. The number of rotatable bonds is 5. The summed E-state index contributed by atoms with van der Waals surface area (Å²) in [6.45, 7) is 2.49. The maximum atomic E-state index is 6.17. The van der Waals surface area contributed by atoms with Crippen LogP contribution in [0.25, 0.3) is 10.8 Å². The van der Waals surface area contributed by atoms with E-state index in [2.05, 4.69) is 36.1 Å². The van der Waals surface area contributed by atoms with E-state index in [-0.39, 0.29) is 6.10 Å². The van der Waals surface area contributed by atoms with Crippen molar-refractivity contribution in [2.75, 3.05) is 33.9 Å². The fourth-order valence-corrected chi connectivity index (χ4v) is 2.69. The smallest absolute Gasteiger partial charge is 0.128 e. The molecular weight excluding hydrogens is 264 g/mol. The summed E-state index contributed by atoms with van der Waals surface area (Å²) in [5.74, 6) is 0.958. The first-order chi connectivity index (χ1) is 10.2. The van der Waals surface area contributed by atoms with E-state index in [9.17, 15) is 0 Å². The van der Waals surface area contributed by atoms with E-state index < -0.39 is 0 Å². The van der Waals surface area contributed by atoms with Crippen molar-refractivity contribution in [2.24, 2.45) is 0 Å². The van der Waals surface area contributed by atoms with Gasteiger partial charge in [0.05, 0.1) is 13.2 Å². The summed E-state index contributed by atoms with van der Waals surface area (Å²) in [5, 5.41) is 2.34. The molecular formula is C17H22N2O2. The van der Waals surface area contributed by atoms with Crippen molar-refractivity contribution in [1.82, 2.24) is 9.88 Å². The predicted molar refractivity (Wildman–Crippen MR) is 83.9 cm³/mol. The minimum absolute atomic E-state index is 0.172. The van der Waals surface area contributed by atoms with Crippen LogP contribution >= 0.6 is 0 Å². The molecule has 1 aromatic carbocycles. The first-order valence-corrected chi connectivity index (χ1v) is 7.49. The number of hydrogen-bond acceptors (Lipinski definition) is 4. The van der Waals surface area contributed by atoms with Gasteiger partial charge in [-0.2, -0.15) is 0 Å². The minimum Gasteiger partial charge on any atom is -0.487 e. The van der Waals surface area contributed by atoms with Crippen LogP contribution in [0.5, 0.6) is 5.75 Å². The number of ether oxygens (including phenoxy) is 2. The Hall–Kier alpha value is -1.65. The monoisotopic (exact) mass is 286 g/mol. The highest BCUT2D eigenvalue weighted by Gasteiger charge is 2.19. The largest absolute Gasteiger partial charge is 0.487 e. The summed E-state index contributed by atoms with van der Waals surface area (Å²) < 4.78 is 11.6. The van der Waals surface area contributed by atoms with Gasteiger partial charge in [0.25, 0.3) is 0 Å². The second-order valence-electron chi connectivity index (χ2n) is 5.81. The van der Waals surface area contributed by atoms with Gasteiger partial charge in [-0.25, -0.2) is 0 Å². The van der Waals surface area contributed by atoms with Crippen molar-refractivity contribution in [3.05, 3.63) is 36.2 Å². The second-order valence-corrected chi connectivity index (χ2v) is 5.81. The molecule has 2 aromatic rings. The number of fused-ring (bicyclic) bond motifs is 1. The van der Waals surface area contributed by atoms with Crippen molar-refractivity contribution >= 4 is 10.8 Å². The van der Waals surface area contributed by atoms with Crippen LogP contribution in [0.1, 0.15) is 12.0 Å². The van der Waals surface area contributed by atoms with E-state index in [1.54, 1.807) is 0 Å². The molecule has 0 aliphatic carbocycles. The molecule has 0 N–H and O–H groups in total. The lowest BCUT2D eigenvalue weighted by molar-refractivity contribution is 0.142. The summed E-state index contributed by atoms with van der Waals surface area (Å²) in [5.41, 5.74) is 1.25. The third-order valence-corrected chi connectivity index (χ3v) is 3.83. The number of hydrogen-bond donors (Lipinski definition) is 0. The molecule has 1 atom stereocenters. The molecule has 0 spiro atoms. The highest BCUT2D eigenvalue weighted by atomic mass is 16.5. The van der Waals surface area contributed by atoms with Crippen molar-refractivity contribution in [2.45, 2.75) is 18.9 Å². The van der Waals surface area contributed by atoms with E-state index in [4.69, 9.17) is 9.47 Å².